The van der Waals surface area contributed by atoms with E-state index in [9.17, 15) is 10.1 Å². The molecule has 1 aliphatic rings. The number of hydrogen-bond donors (Lipinski definition) is 1. The Morgan fingerprint density at radius 2 is 2.11 bits per heavy atom. The number of esters is 1. The summed E-state index contributed by atoms with van der Waals surface area (Å²) in [6, 6.07) is 15.9. The molecule has 2 aromatic carbocycles. The van der Waals surface area contributed by atoms with E-state index in [4.69, 9.17) is 4.74 Å². The van der Waals surface area contributed by atoms with Crippen LogP contribution in [0.2, 0.25) is 0 Å². The zero-order valence-corrected chi connectivity index (χ0v) is 15.8. The highest BCUT2D eigenvalue weighted by molar-refractivity contribution is 5.89. The van der Waals surface area contributed by atoms with E-state index >= 15 is 0 Å². The second-order valence-corrected chi connectivity index (χ2v) is 7.16. The van der Waals surface area contributed by atoms with Gasteiger partial charge in [-0.15, -0.1) is 0 Å². The van der Waals surface area contributed by atoms with Gasteiger partial charge < -0.3 is 15.4 Å². The topological polar surface area (TPSA) is 81.0 Å². The SMILES string of the molecule is C[C@@H]([NH3+])Cc1cc(C#N)c2c(c1)CCN2CCCOC(=O)c1ccccc1. The third-order valence-electron chi connectivity index (χ3n) is 4.74. The van der Waals surface area contributed by atoms with Crippen molar-refractivity contribution in [1.29, 1.82) is 5.26 Å². The molecule has 1 heterocycles. The van der Waals surface area contributed by atoms with Crippen molar-refractivity contribution >= 4 is 11.7 Å². The van der Waals surface area contributed by atoms with Gasteiger partial charge in [0.1, 0.15) is 6.07 Å². The molecule has 1 atom stereocenters. The van der Waals surface area contributed by atoms with Gasteiger partial charge in [-0.3, -0.25) is 0 Å². The van der Waals surface area contributed by atoms with Crippen LogP contribution in [0.5, 0.6) is 0 Å². The lowest BCUT2D eigenvalue weighted by Crippen LogP contribution is -2.60. The van der Waals surface area contributed by atoms with E-state index in [-0.39, 0.29) is 5.97 Å². The molecule has 5 heteroatoms. The van der Waals surface area contributed by atoms with Crippen molar-refractivity contribution in [2.75, 3.05) is 24.6 Å². The second kappa shape index (κ2) is 8.70. The van der Waals surface area contributed by atoms with Gasteiger partial charge in [-0.05, 0) is 49.1 Å². The number of quaternary nitrogens is 1. The Labute approximate surface area is 160 Å². The van der Waals surface area contributed by atoms with Gasteiger partial charge >= 0.3 is 5.97 Å². The minimum Gasteiger partial charge on any atom is -0.462 e. The molecule has 0 aromatic heterocycles. The number of ether oxygens (including phenoxy) is 1. The number of nitriles is 1. The van der Waals surface area contributed by atoms with Gasteiger partial charge in [0, 0.05) is 19.5 Å². The molecular formula is C22H26N3O2+. The highest BCUT2D eigenvalue weighted by atomic mass is 16.5. The third-order valence-corrected chi connectivity index (χ3v) is 4.74. The van der Waals surface area contributed by atoms with Crippen LogP contribution in [0.1, 0.15) is 40.4 Å². The van der Waals surface area contributed by atoms with E-state index in [1.54, 1.807) is 12.1 Å². The lowest BCUT2D eigenvalue weighted by molar-refractivity contribution is -0.413. The van der Waals surface area contributed by atoms with Crippen LogP contribution in [-0.2, 0) is 17.6 Å². The summed E-state index contributed by atoms with van der Waals surface area (Å²) >= 11 is 0. The molecule has 1 aliphatic heterocycles. The first kappa shape index (κ1) is 18.9. The van der Waals surface area contributed by atoms with Crippen molar-refractivity contribution in [1.82, 2.24) is 0 Å². The zero-order chi connectivity index (χ0) is 19.2. The molecule has 2 aromatic rings. The highest BCUT2D eigenvalue weighted by Crippen LogP contribution is 2.33. The summed E-state index contributed by atoms with van der Waals surface area (Å²) in [4.78, 5) is 14.2. The maximum Gasteiger partial charge on any atom is 0.338 e. The molecule has 3 rings (SSSR count). The van der Waals surface area contributed by atoms with Crippen LogP contribution in [0.3, 0.4) is 0 Å². The van der Waals surface area contributed by atoms with E-state index < -0.39 is 0 Å². The summed E-state index contributed by atoms with van der Waals surface area (Å²) in [5.74, 6) is -0.290. The summed E-state index contributed by atoms with van der Waals surface area (Å²) in [6.07, 6.45) is 2.57. The van der Waals surface area contributed by atoms with Crippen LogP contribution >= 0.6 is 0 Å². The lowest BCUT2D eigenvalue weighted by Gasteiger charge is -2.21. The molecule has 3 N–H and O–H groups in total. The number of anilines is 1. The zero-order valence-electron chi connectivity index (χ0n) is 15.8. The molecule has 0 saturated heterocycles. The maximum atomic E-state index is 12.0. The fraction of sp³-hybridized carbons (Fsp3) is 0.364. The molecule has 0 radical (unpaired) electrons. The van der Waals surface area contributed by atoms with Crippen LogP contribution in [0.25, 0.3) is 0 Å². The number of benzene rings is 2. The Kier molecular flexibility index (Phi) is 6.10. The second-order valence-electron chi connectivity index (χ2n) is 7.16. The number of carbonyl (C=O) groups is 1. The van der Waals surface area contributed by atoms with Gasteiger partial charge in [-0.1, -0.05) is 24.3 Å². The van der Waals surface area contributed by atoms with Gasteiger partial charge in [0.15, 0.2) is 0 Å². The summed E-state index contributed by atoms with van der Waals surface area (Å²) in [5, 5.41) is 9.59. The van der Waals surface area contributed by atoms with Gasteiger partial charge in [0.25, 0.3) is 0 Å². The lowest BCUT2D eigenvalue weighted by atomic mass is 9.99. The first-order chi connectivity index (χ1) is 13.1. The first-order valence-corrected chi connectivity index (χ1v) is 9.44. The Balaban J connectivity index is 1.58. The van der Waals surface area contributed by atoms with Crippen molar-refractivity contribution in [3.8, 4) is 6.07 Å². The van der Waals surface area contributed by atoms with E-state index in [0.717, 1.165) is 43.6 Å². The van der Waals surface area contributed by atoms with Crippen LogP contribution in [0, 0.1) is 11.3 Å². The molecule has 0 spiro atoms. The predicted octanol–water partition coefficient (Wildman–Crippen LogP) is 2.34. The predicted molar refractivity (Wildman–Crippen MR) is 104 cm³/mol. The molecule has 0 bridgehead atoms. The molecular weight excluding hydrogens is 338 g/mol. The molecule has 0 fully saturated rings. The first-order valence-electron chi connectivity index (χ1n) is 9.44. The van der Waals surface area contributed by atoms with Crippen LogP contribution < -0.4 is 10.6 Å². The fourth-order valence-corrected chi connectivity index (χ4v) is 3.60. The molecule has 140 valence electrons. The van der Waals surface area contributed by atoms with Gasteiger partial charge in [-0.2, -0.15) is 5.26 Å². The number of hydrogen-bond acceptors (Lipinski definition) is 4. The quantitative estimate of drug-likeness (QED) is 0.604. The minimum atomic E-state index is -0.290. The summed E-state index contributed by atoms with van der Waals surface area (Å²) in [6.45, 7) is 4.13. The summed E-state index contributed by atoms with van der Waals surface area (Å²) in [5.41, 5.74) is 8.84. The van der Waals surface area contributed by atoms with Gasteiger partial charge in [0.2, 0.25) is 0 Å². The molecule has 0 saturated carbocycles. The molecule has 0 unspecified atom stereocenters. The van der Waals surface area contributed by atoms with Crippen molar-refractivity contribution in [3.05, 3.63) is 64.7 Å². The molecule has 0 aliphatic carbocycles. The van der Waals surface area contributed by atoms with E-state index in [2.05, 4.69) is 29.7 Å². The smallest absolute Gasteiger partial charge is 0.338 e. The van der Waals surface area contributed by atoms with Gasteiger partial charge in [0.05, 0.1) is 29.5 Å². The van der Waals surface area contributed by atoms with E-state index in [1.165, 1.54) is 11.1 Å². The Morgan fingerprint density at radius 3 is 2.81 bits per heavy atom. The monoisotopic (exact) mass is 364 g/mol. The standard InChI is InChI=1S/C22H25N3O2/c1-16(24)12-17-13-19-8-10-25(21(19)20(14-17)15-23)9-5-11-27-22(26)18-6-3-2-4-7-18/h2-4,6-7,13-14,16H,5,8-12,24H2,1H3/p+1/t16-/m1/s1. The normalized spacial score (nSPS) is 13.7. The molecule has 0 amide bonds. The average Bonchev–Trinajstić information content (AvgIpc) is 3.07. The Bertz CT molecular complexity index is 841. The summed E-state index contributed by atoms with van der Waals surface area (Å²) in [7, 11) is 0. The average molecular weight is 364 g/mol. The number of carbonyl (C=O) groups excluding carboxylic acids is 1. The molecule has 5 nitrogen and oxygen atoms in total. The molecule has 27 heavy (non-hydrogen) atoms. The van der Waals surface area contributed by atoms with Crippen molar-refractivity contribution in [3.63, 3.8) is 0 Å². The Hall–Kier alpha value is -2.84. The fourth-order valence-electron chi connectivity index (χ4n) is 3.60. The van der Waals surface area contributed by atoms with Crippen LogP contribution in [0.4, 0.5) is 5.69 Å². The van der Waals surface area contributed by atoms with Crippen LogP contribution in [-0.4, -0.2) is 31.7 Å². The van der Waals surface area contributed by atoms with E-state index in [1.807, 2.05) is 24.3 Å². The maximum absolute atomic E-state index is 12.0. The van der Waals surface area contributed by atoms with E-state index in [0.29, 0.717) is 18.2 Å². The summed E-state index contributed by atoms with van der Waals surface area (Å²) < 4.78 is 5.36. The van der Waals surface area contributed by atoms with Crippen molar-refractivity contribution in [2.24, 2.45) is 0 Å². The van der Waals surface area contributed by atoms with Crippen LogP contribution in [0.15, 0.2) is 42.5 Å². The number of rotatable bonds is 7. The number of fused-ring (bicyclic) bond motifs is 1. The van der Waals surface area contributed by atoms with Crippen molar-refractivity contribution < 1.29 is 15.3 Å². The minimum absolute atomic E-state index is 0.290. The highest BCUT2D eigenvalue weighted by Gasteiger charge is 2.23. The third kappa shape index (κ3) is 4.66. The van der Waals surface area contributed by atoms with Gasteiger partial charge in [-0.25, -0.2) is 4.79 Å². The Morgan fingerprint density at radius 1 is 1.33 bits per heavy atom. The largest absolute Gasteiger partial charge is 0.462 e. The van der Waals surface area contributed by atoms with Crippen molar-refractivity contribution in [2.45, 2.75) is 32.2 Å². The number of nitrogens with zero attached hydrogens (tertiary/aromatic N) is 2.